The molecule has 0 spiro atoms. The maximum Gasteiger partial charge on any atom is 0.267 e. The molecule has 2 rings (SSSR count). The summed E-state index contributed by atoms with van der Waals surface area (Å²) in [5.41, 5.74) is 0.0629. The fourth-order valence-corrected chi connectivity index (χ4v) is 4.10. The molecule has 138 valence electrons. The summed E-state index contributed by atoms with van der Waals surface area (Å²) in [5.74, 6) is -0.293. The Labute approximate surface area is 153 Å². The number of sulfonamides is 1. The van der Waals surface area contributed by atoms with E-state index in [1.54, 1.807) is 0 Å². The molecule has 0 bridgehead atoms. The number of nitriles is 1. The molecule has 9 nitrogen and oxygen atoms in total. The second-order valence-electron chi connectivity index (χ2n) is 4.79. The third-order valence-corrected chi connectivity index (χ3v) is 5.33. The van der Waals surface area contributed by atoms with Gasteiger partial charge in [0, 0.05) is 6.07 Å². The quantitative estimate of drug-likeness (QED) is 0.753. The first-order valence-electron chi connectivity index (χ1n) is 6.93. The van der Waals surface area contributed by atoms with Crippen LogP contribution < -0.4 is 24.7 Å². The summed E-state index contributed by atoms with van der Waals surface area (Å²) in [6.07, 6.45) is 0. The zero-order valence-corrected chi connectivity index (χ0v) is 15.7. The third-order valence-electron chi connectivity index (χ3n) is 3.33. The van der Waals surface area contributed by atoms with Crippen molar-refractivity contribution < 1.29 is 27.4 Å². The van der Waals surface area contributed by atoms with E-state index in [1.165, 1.54) is 38.8 Å². The van der Waals surface area contributed by atoms with Gasteiger partial charge in [0.2, 0.25) is 15.8 Å². The van der Waals surface area contributed by atoms with Crippen LogP contribution in [0.2, 0.25) is 0 Å². The van der Waals surface area contributed by atoms with Gasteiger partial charge < -0.3 is 19.5 Å². The Balaban J connectivity index is 2.58. The van der Waals surface area contributed by atoms with Crippen LogP contribution in [0.15, 0.2) is 22.4 Å². The first-order chi connectivity index (χ1) is 12.3. The van der Waals surface area contributed by atoms with Gasteiger partial charge in [0.25, 0.3) is 5.91 Å². The molecule has 1 aromatic carbocycles. The number of nitrogens with two attached hydrogens (primary N) is 1. The topological polar surface area (TPSA) is 141 Å². The van der Waals surface area contributed by atoms with Gasteiger partial charge in [-0.15, -0.1) is 11.3 Å². The number of ether oxygens (including phenoxy) is 3. The van der Waals surface area contributed by atoms with Gasteiger partial charge in [-0.3, -0.25) is 4.79 Å². The number of nitrogens with one attached hydrogen (secondary N) is 1. The van der Waals surface area contributed by atoms with Crippen molar-refractivity contribution >= 4 is 33.0 Å². The molecule has 0 aliphatic rings. The highest BCUT2D eigenvalue weighted by molar-refractivity contribution is 7.89. The van der Waals surface area contributed by atoms with E-state index in [-0.39, 0.29) is 38.3 Å². The molecule has 0 radical (unpaired) electrons. The van der Waals surface area contributed by atoms with Crippen LogP contribution in [0.3, 0.4) is 0 Å². The Morgan fingerprint density at radius 3 is 2.38 bits per heavy atom. The number of anilines is 1. The summed E-state index contributed by atoms with van der Waals surface area (Å²) < 4.78 is 38.8. The van der Waals surface area contributed by atoms with Crippen LogP contribution >= 0.6 is 11.3 Å². The van der Waals surface area contributed by atoms with Crippen molar-refractivity contribution in [3.63, 3.8) is 0 Å². The predicted molar refractivity (Wildman–Crippen MR) is 94.5 cm³/mol. The molecular weight excluding hydrogens is 382 g/mol. The fourth-order valence-electron chi connectivity index (χ4n) is 2.23. The van der Waals surface area contributed by atoms with E-state index < -0.39 is 15.9 Å². The first-order valence-corrected chi connectivity index (χ1v) is 9.35. The normalized spacial score (nSPS) is 10.7. The minimum absolute atomic E-state index is 0.0198. The Morgan fingerprint density at radius 1 is 1.23 bits per heavy atom. The smallest absolute Gasteiger partial charge is 0.267 e. The van der Waals surface area contributed by atoms with Crippen molar-refractivity contribution in [3.8, 4) is 23.3 Å². The first kappa shape index (κ1) is 19.5. The minimum Gasteiger partial charge on any atom is -0.493 e. The summed E-state index contributed by atoms with van der Waals surface area (Å²) in [5, 5.41) is 18.4. The Morgan fingerprint density at radius 2 is 1.88 bits per heavy atom. The molecule has 0 aliphatic heterocycles. The van der Waals surface area contributed by atoms with Gasteiger partial charge in [-0.2, -0.15) is 5.26 Å². The monoisotopic (exact) mass is 397 g/mol. The van der Waals surface area contributed by atoms with Gasteiger partial charge in [-0.1, -0.05) is 0 Å². The molecule has 1 aromatic heterocycles. The minimum atomic E-state index is -4.07. The molecule has 1 amide bonds. The molecular formula is C15H15N3O6S2. The molecule has 3 N–H and O–H groups in total. The van der Waals surface area contributed by atoms with Crippen molar-refractivity contribution in [2.75, 3.05) is 26.6 Å². The van der Waals surface area contributed by atoms with E-state index in [4.69, 9.17) is 19.3 Å². The number of methoxy groups -OCH3 is 3. The molecule has 11 heteroatoms. The van der Waals surface area contributed by atoms with Crippen LogP contribution in [-0.2, 0) is 10.0 Å². The van der Waals surface area contributed by atoms with E-state index in [9.17, 15) is 18.5 Å². The van der Waals surface area contributed by atoms with Crippen molar-refractivity contribution in [2.45, 2.75) is 4.90 Å². The molecule has 0 saturated carbocycles. The number of rotatable bonds is 6. The van der Waals surface area contributed by atoms with Gasteiger partial charge in [0.1, 0.15) is 21.5 Å². The van der Waals surface area contributed by atoms with E-state index in [1.807, 2.05) is 6.07 Å². The highest BCUT2D eigenvalue weighted by Crippen LogP contribution is 2.45. The zero-order valence-electron chi connectivity index (χ0n) is 14.0. The standard InChI is InChI=1S/C15H15N3O6S2/c1-22-9-6-8(7-16)11(13(24-3)12(9)23-2)18-15(19)14-10(4-5-25-14)26(17,20)21/h4-6H,1-3H3,(H,18,19)(H2,17,20,21). The largest absolute Gasteiger partial charge is 0.493 e. The maximum atomic E-state index is 12.6. The Kier molecular flexibility index (Phi) is 5.71. The fraction of sp³-hybridized carbons (Fsp3) is 0.200. The zero-order chi connectivity index (χ0) is 19.5. The van der Waals surface area contributed by atoms with Crippen LogP contribution in [-0.4, -0.2) is 35.7 Å². The molecule has 26 heavy (non-hydrogen) atoms. The number of carbonyl (C=O) groups excluding carboxylic acids is 1. The lowest BCUT2D eigenvalue weighted by Crippen LogP contribution is -2.19. The number of nitrogens with zero attached hydrogens (tertiary/aromatic N) is 1. The third kappa shape index (κ3) is 3.57. The molecule has 0 unspecified atom stereocenters. The number of primary sulfonamides is 1. The summed E-state index contributed by atoms with van der Waals surface area (Å²) in [6.45, 7) is 0. The van der Waals surface area contributed by atoms with Crippen LogP contribution in [0.5, 0.6) is 17.2 Å². The summed E-state index contributed by atoms with van der Waals surface area (Å²) in [7, 11) is 0.0158. The van der Waals surface area contributed by atoms with Crippen molar-refractivity contribution in [1.29, 1.82) is 5.26 Å². The van der Waals surface area contributed by atoms with E-state index in [0.29, 0.717) is 0 Å². The van der Waals surface area contributed by atoms with Gasteiger partial charge >= 0.3 is 0 Å². The number of benzene rings is 1. The summed E-state index contributed by atoms with van der Waals surface area (Å²) in [6, 6.07) is 4.52. The molecule has 1 heterocycles. The molecule has 0 saturated heterocycles. The second kappa shape index (κ2) is 7.61. The van der Waals surface area contributed by atoms with Gasteiger partial charge in [-0.25, -0.2) is 13.6 Å². The van der Waals surface area contributed by atoms with Gasteiger partial charge in [0.15, 0.2) is 11.5 Å². The number of hydrogen-bond donors (Lipinski definition) is 2. The predicted octanol–water partition coefficient (Wildman–Crippen LogP) is 1.55. The van der Waals surface area contributed by atoms with Crippen molar-refractivity contribution in [2.24, 2.45) is 5.14 Å². The van der Waals surface area contributed by atoms with Crippen LogP contribution in [0.4, 0.5) is 5.69 Å². The highest BCUT2D eigenvalue weighted by atomic mass is 32.2. The second-order valence-corrected chi connectivity index (χ2v) is 7.24. The Hall–Kier alpha value is -2.81. The lowest BCUT2D eigenvalue weighted by molar-refractivity contribution is 0.102. The summed E-state index contributed by atoms with van der Waals surface area (Å²) >= 11 is 0.897. The average Bonchev–Trinajstić information content (AvgIpc) is 3.11. The van der Waals surface area contributed by atoms with E-state index >= 15 is 0 Å². The number of thiophene rings is 1. The van der Waals surface area contributed by atoms with Crippen LogP contribution in [0, 0.1) is 11.3 Å². The Bertz CT molecular complexity index is 992. The molecule has 0 fully saturated rings. The maximum absolute atomic E-state index is 12.6. The van der Waals surface area contributed by atoms with Crippen molar-refractivity contribution in [3.05, 3.63) is 28.0 Å². The summed E-state index contributed by atoms with van der Waals surface area (Å²) in [4.78, 5) is 12.2. The van der Waals surface area contributed by atoms with Crippen molar-refractivity contribution in [1.82, 2.24) is 0 Å². The molecule has 2 aromatic rings. The van der Waals surface area contributed by atoms with Crippen LogP contribution in [0.25, 0.3) is 0 Å². The average molecular weight is 397 g/mol. The van der Waals surface area contributed by atoms with Gasteiger partial charge in [0.05, 0.1) is 26.9 Å². The van der Waals surface area contributed by atoms with Gasteiger partial charge in [-0.05, 0) is 11.4 Å². The SMILES string of the molecule is COc1cc(C#N)c(NC(=O)c2sccc2S(N)(=O)=O)c(OC)c1OC. The van der Waals surface area contributed by atoms with E-state index in [0.717, 1.165) is 11.3 Å². The lowest BCUT2D eigenvalue weighted by Gasteiger charge is -2.17. The number of carbonyl (C=O) groups is 1. The number of hydrogen-bond acceptors (Lipinski definition) is 8. The van der Waals surface area contributed by atoms with Crippen LogP contribution in [0.1, 0.15) is 15.2 Å². The lowest BCUT2D eigenvalue weighted by atomic mass is 10.1. The van der Waals surface area contributed by atoms with E-state index in [2.05, 4.69) is 5.32 Å². The molecule has 0 atom stereocenters. The molecule has 0 aliphatic carbocycles. The number of amides is 1. The highest BCUT2D eigenvalue weighted by Gasteiger charge is 2.26.